The van der Waals surface area contributed by atoms with Crippen LogP contribution < -0.4 is 5.32 Å². The van der Waals surface area contributed by atoms with Crippen molar-refractivity contribution in [1.82, 2.24) is 5.32 Å². The molecule has 1 aromatic carbocycles. The molecule has 3 heteroatoms. The lowest BCUT2D eigenvalue weighted by atomic mass is 10.1. The maximum absolute atomic E-state index is 10.8. The molecule has 0 saturated carbocycles. The van der Waals surface area contributed by atoms with E-state index in [0.717, 1.165) is 0 Å². The van der Waals surface area contributed by atoms with Crippen LogP contribution in [-0.4, -0.2) is 17.6 Å². The average molecular weight is 247 g/mol. The highest BCUT2D eigenvalue weighted by atomic mass is 16.4. The Balaban J connectivity index is 2.53. The molecule has 0 radical (unpaired) electrons. The molecular weight excluding hydrogens is 226 g/mol. The summed E-state index contributed by atoms with van der Waals surface area (Å²) in [6.07, 6.45) is 2.29. The van der Waals surface area contributed by atoms with Crippen LogP contribution in [0.15, 0.2) is 35.9 Å². The molecule has 0 bridgehead atoms. The van der Waals surface area contributed by atoms with Gasteiger partial charge in [-0.25, -0.2) is 4.79 Å². The van der Waals surface area contributed by atoms with E-state index in [-0.39, 0.29) is 6.04 Å². The molecule has 0 saturated heterocycles. The highest BCUT2D eigenvalue weighted by molar-refractivity contribution is 5.86. The monoisotopic (exact) mass is 247 g/mol. The van der Waals surface area contributed by atoms with Gasteiger partial charge >= 0.3 is 5.97 Å². The summed E-state index contributed by atoms with van der Waals surface area (Å²) in [4.78, 5) is 10.8. The zero-order valence-electron chi connectivity index (χ0n) is 11.2. The van der Waals surface area contributed by atoms with Gasteiger partial charge in [-0.1, -0.05) is 42.8 Å². The number of benzene rings is 1. The molecule has 0 amide bonds. The van der Waals surface area contributed by atoms with Crippen molar-refractivity contribution in [2.24, 2.45) is 0 Å². The standard InChI is InChI=1S/C15H21NO2/c1-4-13(15(17)18)9-10-16-12(3)14-7-5-11(2)6-8-14/h5-9,12,16H,4,10H2,1-3H3,(H,17,18)/b13-9-/t12-/m1/s1. The van der Waals surface area contributed by atoms with Crippen LogP contribution in [0.3, 0.4) is 0 Å². The first-order valence-corrected chi connectivity index (χ1v) is 6.26. The molecule has 0 aliphatic heterocycles. The summed E-state index contributed by atoms with van der Waals surface area (Å²) in [5, 5.41) is 12.2. The lowest BCUT2D eigenvalue weighted by molar-refractivity contribution is -0.132. The van der Waals surface area contributed by atoms with Crippen molar-refractivity contribution in [3.8, 4) is 0 Å². The summed E-state index contributed by atoms with van der Waals surface area (Å²) in [5.74, 6) is -0.831. The van der Waals surface area contributed by atoms with Crippen LogP contribution in [-0.2, 0) is 4.79 Å². The van der Waals surface area contributed by atoms with Crippen LogP contribution in [0.5, 0.6) is 0 Å². The Labute approximate surface area is 109 Å². The fraction of sp³-hybridized carbons (Fsp3) is 0.400. The molecular formula is C15H21NO2. The van der Waals surface area contributed by atoms with Crippen LogP contribution in [0, 0.1) is 6.92 Å². The summed E-state index contributed by atoms with van der Waals surface area (Å²) >= 11 is 0. The zero-order valence-corrected chi connectivity index (χ0v) is 11.2. The summed E-state index contributed by atoms with van der Waals surface area (Å²) in [6.45, 7) is 6.56. The van der Waals surface area contributed by atoms with Gasteiger partial charge in [0.15, 0.2) is 0 Å². The van der Waals surface area contributed by atoms with E-state index < -0.39 is 5.97 Å². The predicted octanol–water partition coefficient (Wildman–Crippen LogP) is 3.07. The minimum Gasteiger partial charge on any atom is -0.478 e. The quantitative estimate of drug-likeness (QED) is 0.759. The Morgan fingerprint density at radius 2 is 2.00 bits per heavy atom. The smallest absolute Gasteiger partial charge is 0.331 e. The van der Waals surface area contributed by atoms with E-state index in [2.05, 4.69) is 43.4 Å². The van der Waals surface area contributed by atoms with E-state index in [1.165, 1.54) is 11.1 Å². The molecule has 0 unspecified atom stereocenters. The predicted molar refractivity (Wildman–Crippen MR) is 73.6 cm³/mol. The number of nitrogens with one attached hydrogen (secondary N) is 1. The topological polar surface area (TPSA) is 49.3 Å². The van der Waals surface area contributed by atoms with Crippen molar-refractivity contribution < 1.29 is 9.90 Å². The summed E-state index contributed by atoms with van der Waals surface area (Å²) in [7, 11) is 0. The fourth-order valence-electron chi connectivity index (χ4n) is 1.71. The Bertz CT molecular complexity index is 421. The first-order chi connectivity index (χ1) is 8.54. The molecule has 0 fully saturated rings. The van der Waals surface area contributed by atoms with E-state index in [9.17, 15) is 4.79 Å². The minimum atomic E-state index is -0.831. The molecule has 3 nitrogen and oxygen atoms in total. The molecule has 0 aliphatic carbocycles. The van der Waals surface area contributed by atoms with Gasteiger partial charge in [0.05, 0.1) is 0 Å². The maximum atomic E-state index is 10.8. The molecule has 98 valence electrons. The van der Waals surface area contributed by atoms with Gasteiger partial charge in [-0.05, 0) is 25.8 Å². The number of aliphatic carboxylic acids is 1. The van der Waals surface area contributed by atoms with Gasteiger partial charge in [0.25, 0.3) is 0 Å². The van der Waals surface area contributed by atoms with Gasteiger partial charge in [-0.3, -0.25) is 0 Å². The molecule has 1 aromatic rings. The highest BCUT2D eigenvalue weighted by Crippen LogP contribution is 2.12. The van der Waals surface area contributed by atoms with Crippen LogP contribution >= 0.6 is 0 Å². The summed E-state index contributed by atoms with van der Waals surface area (Å²) in [6, 6.07) is 8.56. The van der Waals surface area contributed by atoms with Crippen LogP contribution in [0.1, 0.15) is 37.4 Å². The fourth-order valence-corrected chi connectivity index (χ4v) is 1.71. The molecule has 18 heavy (non-hydrogen) atoms. The molecule has 1 rings (SSSR count). The van der Waals surface area contributed by atoms with Gasteiger partial charge < -0.3 is 10.4 Å². The third-order valence-electron chi connectivity index (χ3n) is 3.01. The van der Waals surface area contributed by atoms with Crippen molar-refractivity contribution in [1.29, 1.82) is 0 Å². The SMILES string of the molecule is CC/C(=C/CN[C@H](C)c1ccc(C)cc1)C(=O)O. The Hall–Kier alpha value is -1.61. The van der Waals surface area contributed by atoms with Gasteiger partial charge in [0.1, 0.15) is 0 Å². The molecule has 1 atom stereocenters. The minimum absolute atomic E-state index is 0.216. The molecule has 2 N–H and O–H groups in total. The summed E-state index contributed by atoms with van der Waals surface area (Å²) < 4.78 is 0. The van der Waals surface area contributed by atoms with Crippen LogP contribution in [0.2, 0.25) is 0 Å². The lowest BCUT2D eigenvalue weighted by Crippen LogP contribution is -2.19. The van der Waals surface area contributed by atoms with Crippen molar-refractivity contribution in [2.75, 3.05) is 6.54 Å². The van der Waals surface area contributed by atoms with E-state index >= 15 is 0 Å². The molecule has 0 spiro atoms. The van der Waals surface area contributed by atoms with Gasteiger partial charge in [-0.15, -0.1) is 0 Å². The van der Waals surface area contributed by atoms with Gasteiger partial charge in [0.2, 0.25) is 0 Å². The normalized spacial score (nSPS) is 13.4. The molecule has 0 aliphatic rings. The highest BCUT2D eigenvalue weighted by Gasteiger charge is 2.05. The van der Waals surface area contributed by atoms with Crippen molar-refractivity contribution >= 4 is 5.97 Å². The van der Waals surface area contributed by atoms with E-state index in [1.807, 2.05) is 6.92 Å². The average Bonchev–Trinajstić information content (AvgIpc) is 2.34. The van der Waals surface area contributed by atoms with Crippen molar-refractivity contribution in [3.63, 3.8) is 0 Å². The Morgan fingerprint density at radius 1 is 1.39 bits per heavy atom. The Kier molecular flexibility index (Phi) is 5.59. The third kappa shape index (κ3) is 4.34. The van der Waals surface area contributed by atoms with Crippen molar-refractivity contribution in [3.05, 3.63) is 47.0 Å². The second-order valence-electron chi connectivity index (χ2n) is 4.43. The summed E-state index contributed by atoms with van der Waals surface area (Å²) in [5.41, 5.74) is 2.91. The van der Waals surface area contributed by atoms with Crippen LogP contribution in [0.4, 0.5) is 0 Å². The van der Waals surface area contributed by atoms with Gasteiger partial charge in [0, 0.05) is 18.2 Å². The number of rotatable bonds is 6. The number of carbonyl (C=O) groups is 1. The molecule has 0 aromatic heterocycles. The number of hydrogen-bond acceptors (Lipinski definition) is 2. The van der Waals surface area contributed by atoms with E-state index in [0.29, 0.717) is 18.5 Å². The van der Waals surface area contributed by atoms with E-state index in [4.69, 9.17) is 5.11 Å². The first kappa shape index (κ1) is 14.5. The third-order valence-corrected chi connectivity index (χ3v) is 3.01. The molecule has 0 heterocycles. The zero-order chi connectivity index (χ0) is 13.5. The largest absolute Gasteiger partial charge is 0.478 e. The first-order valence-electron chi connectivity index (χ1n) is 6.26. The number of carboxylic acids is 1. The maximum Gasteiger partial charge on any atom is 0.331 e. The second kappa shape index (κ2) is 6.97. The number of carboxylic acid groups (broad SMARTS) is 1. The second-order valence-corrected chi connectivity index (χ2v) is 4.43. The van der Waals surface area contributed by atoms with Crippen molar-refractivity contribution in [2.45, 2.75) is 33.2 Å². The Morgan fingerprint density at radius 3 is 2.50 bits per heavy atom. The van der Waals surface area contributed by atoms with Gasteiger partial charge in [-0.2, -0.15) is 0 Å². The lowest BCUT2D eigenvalue weighted by Gasteiger charge is -2.13. The van der Waals surface area contributed by atoms with E-state index in [1.54, 1.807) is 6.08 Å². The number of hydrogen-bond donors (Lipinski definition) is 2. The number of aryl methyl sites for hydroxylation is 1. The van der Waals surface area contributed by atoms with Crippen LogP contribution in [0.25, 0.3) is 0 Å².